The monoisotopic (exact) mass is 336 g/mol. The van der Waals surface area contributed by atoms with Crippen molar-refractivity contribution in [3.05, 3.63) is 70.0 Å². The van der Waals surface area contributed by atoms with Crippen molar-refractivity contribution in [1.29, 1.82) is 0 Å². The summed E-state index contributed by atoms with van der Waals surface area (Å²) >= 11 is 0. The van der Waals surface area contributed by atoms with Crippen LogP contribution in [0.15, 0.2) is 58.4 Å². The van der Waals surface area contributed by atoms with Crippen molar-refractivity contribution < 1.29 is 10.2 Å². The number of H-pyrrole nitrogens is 1. The highest BCUT2D eigenvalue weighted by atomic mass is 16.3. The zero-order valence-electron chi connectivity index (χ0n) is 13.4. The van der Waals surface area contributed by atoms with Crippen LogP contribution in [0.3, 0.4) is 0 Å². The number of hydrogen-bond donors (Lipinski definition) is 4. The normalized spacial score (nSPS) is 10.9. The lowest BCUT2D eigenvalue weighted by Gasteiger charge is -2.05. The van der Waals surface area contributed by atoms with Gasteiger partial charge in [0, 0.05) is 23.3 Å². The number of nitrogens with one attached hydrogen (secondary N) is 2. The maximum absolute atomic E-state index is 11.2. The molecule has 7 nitrogen and oxygen atoms in total. The van der Waals surface area contributed by atoms with Gasteiger partial charge in [-0.2, -0.15) is 10.2 Å². The molecular formula is C18H16N4O3. The van der Waals surface area contributed by atoms with Crippen molar-refractivity contribution >= 4 is 11.9 Å². The summed E-state index contributed by atoms with van der Waals surface area (Å²) in [6.45, 7) is 1.83. The summed E-state index contributed by atoms with van der Waals surface area (Å²) in [6.07, 6.45) is 1.45. The van der Waals surface area contributed by atoms with Gasteiger partial charge in [-0.15, -0.1) is 0 Å². The molecule has 25 heavy (non-hydrogen) atoms. The molecule has 3 aromatic rings. The van der Waals surface area contributed by atoms with E-state index in [1.807, 2.05) is 31.2 Å². The largest absolute Gasteiger partial charge is 0.508 e. The Bertz CT molecular complexity index is 978. The van der Waals surface area contributed by atoms with Gasteiger partial charge in [-0.1, -0.05) is 12.1 Å². The Morgan fingerprint density at radius 3 is 2.56 bits per heavy atom. The minimum atomic E-state index is -0.230. The molecule has 0 aliphatic carbocycles. The van der Waals surface area contributed by atoms with Gasteiger partial charge >= 0.3 is 0 Å². The molecule has 0 bridgehead atoms. The SMILES string of the molecule is Cc1cc(=O)[nH]nc1-c1ccc(N/N=C/c2ccc(O)cc2O)cc1. The molecule has 7 heteroatoms. The quantitative estimate of drug-likeness (QED) is 0.432. The number of rotatable bonds is 4. The lowest BCUT2D eigenvalue weighted by Crippen LogP contribution is -2.08. The number of benzene rings is 2. The smallest absolute Gasteiger partial charge is 0.264 e. The zero-order chi connectivity index (χ0) is 17.8. The molecule has 0 unspecified atom stereocenters. The van der Waals surface area contributed by atoms with Crippen molar-refractivity contribution in [2.45, 2.75) is 6.92 Å². The van der Waals surface area contributed by atoms with Crippen molar-refractivity contribution in [1.82, 2.24) is 10.2 Å². The molecule has 3 rings (SSSR count). The van der Waals surface area contributed by atoms with E-state index in [-0.39, 0.29) is 17.1 Å². The van der Waals surface area contributed by atoms with Gasteiger partial charge in [-0.3, -0.25) is 10.2 Å². The number of aromatic hydroxyl groups is 2. The van der Waals surface area contributed by atoms with Crippen LogP contribution >= 0.6 is 0 Å². The minimum absolute atomic E-state index is 0.00985. The van der Waals surface area contributed by atoms with Crippen LogP contribution in [0.2, 0.25) is 0 Å². The number of phenolic OH excluding ortho intramolecular Hbond substituents is 2. The van der Waals surface area contributed by atoms with Gasteiger partial charge < -0.3 is 10.2 Å². The molecule has 0 radical (unpaired) electrons. The van der Waals surface area contributed by atoms with Gasteiger partial charge in [0.15, 0.2) is 0 Å². The van der Waals surface area contributed by atoms with Crippen molar-refractivity contribution in [2.24, 2.45) is 5.10 Å². The molecule has 0 fully saturated rings. The van der Waals surface area contributed by atoms with Crippen molar-refractivity contribution in [2.75, 3.05) is 5.43 Å². The van der Waals surface area contributed by atoms with Gasteiger partial charge in [0.1, 0.15) is 11.5 Å². The summed E-state index contributed by atoms with van der Waals surface area (Å²) in [5.41, 5.74) is 6.24. The van der Waals surface area contributed by atoms with Gasteiger partial charge in [0.25, 0.3) is 5.56 Å². The topological polar surface area (TPSA) is 111 Å². The second kappa shape index (κ2) is 6.88. The lowest BCUT2D eigenvalue weighted by molar-refractivity contribution is 0.450. The predicted molar refractivity (Wildman–Crippen MR) is 96.0 cm³/mol. The van der Waals surface area contributed by atoms with E-state index < -0.39 is 0 Å². The van der Waals surface area contributed by atoms with Crippen LogP contribution in [0.5, 0.6) is 11.5 Å². The van der Waals surface area contributed by atoms with Crippen LogP contribution in [0.4, 0.5) is 5.69 Å². The van der Waals surface area contributed by atoms with Crippen molar-refractivity contribution in [3.63, 3.8) is 0 Å². The maximum atomic E-state index is 11.2. The molecule has 4 N–H and O–H groups in total. The predicted octanol–water partition coefficient (Wildman–Crippen LogP) is 2.60. The van der Waals surface area contributed by atoms with Gasteiger partial charge in [0.05, 0.1) is 17.6 Å². The molecule has 1 aromatic heterocycles. The summed E-state index contributed by atoms with van der Waals surface area (Å²) in [5, 5.41) is 29.5. The molecule has 0 saturated carbocycles. The third kappa shape index (κ3) is 3.84. The average Bonchev–Trinajstić information content (AvgIpc) is 2.58. The average molecular weight is 336 g/mol. The Kier molecular flexibility index (Phi) is 4.47. The molecule has 0 amide bonds. The van der Waals surface area contributed by atoms with Crippen LogP contribution in [-0.4, -0.2) is 26.6 Å². The maximum Gasteiger partial charge on any atom is 0.264 e. The lowest BCUT2D eigenvalue weighted by atomic mass is 10.1. The first-order valence-electron chi connectivity index (χ1n) is 7.51. The third-order valence-corrected chi connectivity index (χ3v) is 3.57. The number of aryl methyl sites for hydroxylation is 1. The number of anilines is 1. The van der Waals surface area contributed by atoms with E-state index in [4.69, 9.17) is 0 Å². The van der Waals surface area contributed by atoms with E-state index in [1.165, 1.54) is 24.4 Å². The second-order valence-corrected chi connectivity index (χ2v) is 5.45. The molecule has 0 atom stereocenters. The van der Waals surface area contributed by atoms with E-state index in [0.717, 1.165) is 16.8 Å². The van der Waals surface area contributed by atoms with Gasteiger partial charge in [0.2, 0.25) is 0 Å². The standard InChI is InChI=1S/C18H16N4O3/c1-11-8-17(25)21-22-18(11)12-2-5-14(6-3-12)20-19-10-13-4-7-15(23)9-16(13)24/h2-10,20,23-24H,1H3,(H,21,25)/b19-10+. The van der Waals surface area contributed by atoms with Gasteiger partial charge in [-0.05, 0) is 36.8 Å². The van der Waals surface area contributed by atoms with Crippen LogP contribution in [0, 0.1) is 6.92 Å². The minimum Gasteiger partial charge on any atom is -0.508 e. The Labute approximate surface area is 143 Å². The number of hydrogen-bond acceptors (Lipinski definition) is 6. The molecule has 0 spiro atoms. The fraction of sp³-hybridized carbons (Fsp3) is 0.0556. The Balaban J connectivity index is 1.72. The van der Waals surface area contributed by atoms with Crippen LogP contribution in [0.25, 0.3) is 11.3 Å². The molecule has 0 aliphatic rings. The molecule has 0 aliphatic heterocycles. The number of hydrazone groups is 1. The van der Waals surface area contributed by atoms with E-state index >= 15 is 0 Å². The molecule has 0 saturated heterocycles. The van der Waals surface area contributed by atoms with Crippen LogP contribution < -0.4 is 11.0 Å². The van der Waals surface area contributed by atoms with Gasteiger partial charge in [-0.25, -0.2) is 5.10 Å². The summed E-state index contributed by atoms with van der Waals surface area (Å²) in [7, 11) is 0. The molecule has 2 aromatic carbocycles. The van der Waals surface area contributed by atoms with E-state index in [0.29, 0.717) is 11.3 Å². The van der Waals surface area contributed by atoms with E-state index in [9.17, 15) is 15.0 Å². The fourth-order valence-electron chi connectivity index (χ4n) is 2.31. The Morgan fingerprint density at radius 2 is 1.88 bits per heavy atom. The fourth-order valence-corrected chi connectivity index (χ4v) is 2.31. The third-order valence-electron chi connectivity index (χ3n) is 3.57. The Morgan fingerprint density at radius 1 is 1.12 bits per heavy atom. The molecule has 1 heterocycles. The number of aromatic amines is 1. The summed E-state index contributed by atoms with van der Waals surface area (Å²) in [5.74, 6) is -0.0649. The molecule has 126 valence electrons. The van der Waals surface area contributed by atoms with E-state index in [1.54, 1.807) is 6.07 Å². The highest BCUT2D eigenvalue weighted by Gasteiger charge is 2.04. The number of phenols is 2. The second-order valence-electron chi connectivity index (χ2n) is 5.45. The molecular weight excluding hydrogens is 320 g/mol. The number of nitrogens with zero attached hydrogens (tertiary/aromatic N) is 2. The van der Waals surface area contributed by atoms with Crippen LogP contribution in [-0.2, 0) is 0 Å². The summed E-state index contributed by atoms with van der Waals surface area (Å²) in [6, 6.07) is 13.2. The first-order chi connectivity index (χ1) is 12.0. The number of aromatic nitrogens is 2. The summed E-state index contributed by atoms with van der Waals surface area (Å²) in [4.78, 5) is 11.2. The Hall–Kier alpha value is -3.61. The highest BCUT2D eigenvalue weighted by Crippen LogP contribution is 2.22. The first-order valence-corrected chi connectivity index (χ1v) is 7.51. The van der Waals surface area contributed by atoms with Crippen LogP contribution in [0.1, 0.15) is 11.1 Å². The highest BCUT2D eigenvalue weighted by molar-refractivity contribution is 5.84. The van der Waals surface area contributed by atoms with Crippen molar-refractivity contribution in [3.8, 4) is 22.8 Å². The zero-order valence-corrected chi connectivity index (χ0v) is 13.4. The first kappa shape index (κ1) is 16.3. The van der Waals surface area contributed by atoms with E-state index in [2.05, 4.69) is 20.7 Å². The summed E-state index contributed by atoms with van der Waals surface area (Å²) < 4.78 is 0.